The molecule has 4 rings (SSSR count). The van der Waals surface area contributed by atoms with E-state index >= 15 is 0 Å². The summed E-state index contributed by atoms with van der Waals surface area (Å²) in [6.07, 6.45) is 7.13. The lowest BCUT2D eigenvalue weighted by Gasteiger charge is -2.20. The van der Waals surface area contributed by atoms with Crippen molar-refractivity contribution in [2.45, 2.75) is 56.8 Å². The van der Waals surface area contributed by atoms with Crippen LogP contribution in [-0.4, -0.2) is 13.4 Å². The Kier molecular flexibility index (Phi) is 3.09. The van der Waals surface area contributed by atoms with Crippen molar-refractivity contribution in [3.63, 3.8) is 0 Å². The molecule has 1 aromatic heterocycles. The summed E-state index contributed by atoms with van der Waals surface area (Å²) in [5.41, 5.74) is 3.50. The van der Waals surface area contributed by atoms with Crippen LogP contribution in [0, 0.1) is 5.41 Å². The molecule has 1 unspecified atom stereocenters. The summed E-state index contributed by atoms with van der Waals surface area (Å²) in [4.78, 5) is 5.11. The molecule has 1 saturated carbocycles. The number of fused-ring (bicyclic) bond motifs is 2. The fourth-order valence-corrected chi connectivity index (χ4v) is 4.59. The second-order valence-corrected chi connectivity index (χ2v) is 8.20. The summed E-state index contributed by atoms with van der Waals surface area (Å²) in [6, 6.07) is 4.19. The van der Waals surface area contributed by atoms with Gasteiger partial charge in [0.05, 0.1) is 4.90 Å². The molecule has 0 bridgehead atoms. The van der Waals surface area contributed by atoms with E-state index in [-0.39, 0.29) is 5.41 Å². The van der Waals surface area contributed by atoms with Crippen LogP contribution in [0.15, 0.2) is 23.2 Å². The standard InChI is InChI=1S/C18H21NO2S/c1-3-18(2)8-12-6-13-10-19-16(11-4-5-11)7-14(13)17(22(20)21)15(12)9-18/h6-7,10-11,22H,3-5,8-9H2,1-2H3. The Morgan fingerprint density at radius 2 is 2.05 bits per heavy atom. The average Bonchev–Trinajstić information content (AvgIpc) is 3.27. The highest BCUT2D eigenvalue weighted by Gasteiger charge is 2.34. The predicted octanol–water partition coefficient (Wildman–Crippen LogP) is 3.60. The van der Waals surface area contributed by atoms with Crippen LogP contribution in [0.25, 0.3) is 10.8 Å². The Bertz CT molecular complexity index is 844. The number of aromatic nitrogens is 1. The highest BCUT2D eigenvalue weighted by atomic mass is 32.2. The molecule has 1 heterocycles. The molecule has 0 saturated heterocycles. The van der Waals surface area contributed by atoms with Gasteiger partial charge in [-0.2, -0.15) is 0 Å². The molecule has 0 radical (unpaired) electrons. The van der Waals surface area contributed by atoms with Crippen molar-refractivity contribution in [1.82, 2.24) is 4.98 Å². The van der Waals surface area contributed by atoms with E-state index in [1.54, 1.807) is 0 Å². The van der Waals surface area contributed by atoms with E-state index in [0.717, 1.165) is 41.3 Å². The number of pyridine rings is 1. The highest BCUT2D eigenvalue weighted by Crippen LogP contribution is 2.45. The van der Waals surface area contributed by atoms with E-state index in [2.05, 4.69) is 24.9 Å². The van der Waals surface area contributed by atoms with Gasteiger partial charge in [0.25, 0.3) is 0 Å². The fraction of sp³-hybridized carbons (Fsp3) is 0.500. The number of nitrogens with zero attached hydrogens (tertiary/aromatic N) is 1. The van der Waals surface area contributed by atoms with Crippen molar-refractivity contribution in [2.24, 2.45) is 5.41 Å². The second-order valence-electron chi connectivity index (χ2n) is 7.24. The zero-order valence-electron chi connectivity index (χ0n) is 13.1. The van der Waals surface area contributed by atoms with Crippen molar-refractivity contribution >= 4 is 21.5 Å². The molecule has 0 amide bonds. The van der Waals surface area contributed by atoms with E-state index in [0.29, 0.717) is 10.8 Å². The third kappa shape index (κ3) is 2.16. The molecule has 0 N–H and O–H groups in total. The van der Waals surface area contributed by atoms with Gasteiger partial charge < -0.3 is 0 Å². The molecule has 2 aliphatic rings. The van der Waals surface area contributed by atoms with Crippen LogP contribution in [0.4, 0.5) is 0 Å². The molecule has 116 valence electrons. The summed E-state index contributed by atoms with van der Waals surface area (Å²) in [5, 5.41) is 1.85. The molecular formula is C18H21NO2S. The van der Waals surface area contributed by atoms with Crippen LogP contribution in [0.3, 0.4) is 0 Å². The monoisotopic (exact) mass is 315 g/mol. The number of hydrogen-bond donors (Lipinski definition) is 1. The minimum absolute atomic E-state index is 0.187. The highest BCUT2D eigenvalue weighted by molar-refractivity contribution is 7.72. The van der Waals surface area contributed by atoms with Crippen molar-refractivity contribution in [3.8, 4) is 0 Å². The van der Waals surface area contributed by atoms with Gasteiger partial charge in [0.2, 0.25) is 0 Å². The minimum Gasteiger partial charge on any atom is -0.260 e. The number of benzene rings is 1. The predicted molar refractivity (Wildman–Crippen MR) is 88.1 cm³/mol. The van der Waals surface area contributed by atoms with Gasteiger partial charge in [-0.1, -0.05) is 20.3 Å². The summed E-state index contributed by atoms with van der Waals surface area (Å²) < 4.78 is 24.0. The van der Waals surface area contributed by atoms with E-state index < -0.39 is 10.7 Å². The normalized spacial score (nSPS) is 24.1. The second kappa shape index (κ2) is 4.79. The average molecular weight is 315 g/mol. The topological polar surface area (TPSA) is 47.0 Å². The molecule has 3 nitrogen and oxygen atoms in total. The van der Waals surface area contributed by atoms with E-state index in [1.165, 1.54) is 18.4 Å². The van der Waals surface area contributed by atoms with Gasteiger partial charge in [0.1, 0.15) is 0 Å². The summed E-state index contributed by atoms with van der Waals surface area (Å²) in [6.45, 7) is 4.45. The summed E-state index contributed by atoms with van der Waals surface area (Å²) >= 11 is 0. The van der Waals surface area contributed by atoms with Crippen molar-refractivity contribution < 1.29 is 8.42 Å². The van der Waals surface area contributed by atoms with Crippen molar-refractivity contribution in [1.29, 1.82) is 0 Å². The summed E-state index contributed by atoms with van der Waals surface area (Å²) in [7, 11) is -2.58. The largest absolute Gasteiger partial charge is 0.260 e. The molecular weight excluding hydrogens is 294 g/mol. The maximum Gasteiger partial charge on any atom is 0.169 e. The Morgan fingerprint density at radius 3 is 2.68 bits per heavy atom. The third-order valence-corrected chi connectivity index (χ3v) is 6.34. The van der Waals surface area contributed by atoms with Gasteiger partial charge in [-0.3, -0.25) is 4.98 Å². The molecule has 1 aromatic carbocycles. The van der Waals surface area contributed by atoms with E-state index in [9.17, 15) is 8.42 Å². The van der Waals surface area contributed by atoms with Gasteiger partial charge >= 0.3 is 0 Å². The minimum atomic E-state index is -2.58. The Hall–Kier alpha value is -1.42. The SMILES string of the molecule is CCC1(C)Cc2cc3cnc(C4CC4)cc3c([SH](=O)=O)c2C1. The molecule has 2 aliphatic carbocycles. The first-order chi connectivity index (χ1) is 10.5. The lowest BCUT2D eigenvalue weighted by molar-refractivity contribution is 0.331. The molecule has 0 spiro atoms. The Balaban J connectivity index is 1.98. The van der Waals surface area contributed by atoms with Crippen LogP contribution < -0.4 is 0 Å². The third-order valence-electron chi connectivity index (χ3n) is 5.47. The maximum absolute atomic E-state index is 12.0. The van der Waals surface area contributed by atoms with Gasteiger partial charge in [0, 0.05) is 28.6 Å². The van der Waals surface area contributed by atoms with Gasteiger partial charge in [0.15, 0.2) is 10.7 Å². The molecule has 0 aliphatic heterocycles. The van der Waals surface area contributed by atoms with Crippen LogP contribution in [0.2, 0.25) is 0 Å². The number of rotatable bonds is 3. The van der Waals surface area contributed by atoms with Crippen LogP contribution in [0.5, 0.6) is 0 Å². The Morgan fingerprint density at radius 1 is 1.27 bits per heavy atom. The first-order valence-corrected chi connectivity index (χ1v) is 9.27. The van der Waals surface area contributed by atoms with Gasteiger partial charge in [-0.25, -0.2) is 8.42 Å². The molecule has 1 atom stereocenters. The van der Waals surface area contributed by atoms with E-state index in [4.69, 9.17) is 0 Å². The van der Waals surface area contributed by atoms with Gasteiger partial charge in [-0.15, -0.1) is 0 Å². The molecule has 22 heavy (non-hydrogen) atoms. The van der Waals surface area contributed by atoms with Crippen molar-refractivity contribution in [3.05, 3.63) is 35.2 Å². The van der Waals surface area contributed by atoms with Gasteiger partial charge in [-0.05, 0) is 54.4 Å². The van der Waals surface area contributed by atoms with E-state index in [1.807, 2.05) is 12.3 Å². The van der Waals surface area contributed by atoms with Crippen LogP contribution in [-0.2, 0) is 23.5 Å². The number of thiol groups is 1. The quantitative estimate of drug-likeness (QED) is 0.880. The first kappa shape index (κ1) is 14.2. The first-order valence-electron chi connectivity index (χ1n) is 8.09. The molecule has 1 fully saturated rings. The summed E-state index contributed by atoms with van der Waals surface area (Å²) in [5.74, 6) is 0.538. The lowest BCUT2D eigenvalue weighted by atomic mass is 9.85. The smallest absolute Gasteiger partial charge is 0.169 e. The zero-order valence-corrected chi connectivity index (χ0v) is 14.0. The zero-order chi connectivity index (χ0) is 15.5. The molecule has 4 heteroatoms. The fourth-order valence-electron chi connectivity index (χ4n) is 3.76. The lowest BCUT2D eigenvalue weighted by Crippen LogP contribution is -2.14. The van der Waals surface area contributed by atoms with Crippen LogP contribution >= 0.6 is 0 Å². The maximum atomic E-state index is 12.0. The molecule has 2 aromatic rings. The van der Waals surface area contributed by atoms with Crippen LogP contribution in [0.1, 0.15) is 55.8 Å². The Labute approximate surface area is 132 Å². The number of hydrogen-bond acceptors (Lipinski definition) is 3. The van der Waals surface area contributed by atoms with Crippen molar-refractivity contribution in [2.75, 3.05) is 0 Å².